The van der Waals surface area contributed by atoms with Gasteiger partial charge in [-0.3, -0.25) is 0 Å². The average Bonchev–Trinajstić information content (AvgIpc) is 1.31. The van der Waals surface area contributed by atoms with E-state index in [1.54, 1.807) is 0 Å². The molecule has 0 aliphatic carbocycles. The van der Waals surface area contributed by atoms with Gasteiger partial charge in [-0.15, -0.1) is 0 Å². The summed E-state index contributed by atoms with van der Waals surface area (Å²) in [5, 5.41) is 0.382. The molecule has 0 rings (SSSR count). The van der Waals surface area contributed by atoms with Crippen molar-refractivity contribution in [2.45, 2.75) is 32.9 Å². The predicted octanol–water partition coefficient (Wildman–Crippen LogP) is -1.03. The molecule has 0 heterocycles. The fraction of sp³-hybridized carbons (Fsp3) is 1.00. The van der Waals surface area contributed by atoms with Crippen molar-refractivity contribution in [3.05, 3.63) is 0 Å². The minimum absolute atomic E-state index is 0. The van der Waals surface area contributed by atoms with Gasteiger partial charge < -0.3 is 12.6 Å². The van der Waals surface area contributed by atoms with Crippen molar-refractivity contribution in [3.8, 4) is 0 Å². The number of hydrogen-bond donors (Lipinski definition) is 0. The molecule has 0 nitrogen and oxygen atoms in total. The summed E-state index contributed by atoms with van der Waals surface area (Å²) in [5.41, 5.74) is 0.315. The molecular weight excluding hydrogens is 111 g/mol. The van der Waals surface area contributed by atoms with Crippen molar-refractivity contribution in [1.82, 2.24) is 0 Å². The van der Waals surface area contributed by atoms with Crippen LogP contribution < -0.4 is 18.9 Å². The maximum atomic E-state index is 5.02. The van der Waals surface area contributed by atoms with E-state index in [1.807, 2.05) is 0 Å². The van der Waals surface area contributed by atoms with Crippen molar-refractivity contribution in [3.63, 3.8) is 0 Å². The van der Waals surface area contributed by atoms with E-state index in [-0.39, 0.29) is 18.9 Å². The molecule has 0 radical (unpaired) electrons. The van der Waals surface area contributed by atoms with Gasteiger partial charge in [-0.2, -0.15) is 5.25 Å². The zero-order valence-electron chi connectivity index (χ0n) is 6.49. The van der Waals surface area contributed by atoms with E-state index >= 15 is 0 Å². The largest absolute Gasteiger partial charge is 1.00 e. The van der Waals surface area contributed by atoms with Gasteiger partial charge in [0.2, 0.25) is 0 Å². The Kier molecular flexibility index (Phi) is 5.67. The van der Waals surface area contributed by atoms with E-state index in [1.165, 1.54) is 0 Å². The third-order valence-corrected chi connectivity index (χ3v) is 1.93. The number of hydrogen-bond acceptors (Lipinski definition) is 1. The van der Waals surface area contributed by atoms with Crippen molar-refractivity contribution < 1.29 is 18.9 Å². The second-order valence-corrected chi connectivity index (χ2v) is 3.72. The molecule has 2 heteroatoms. The maximum Gasteiger partial charge on any atom is 1.00 e. The van der Waals surface area contributed by atoms with Crippen LogP contribution in [-0.2, 0) is 12.6 Å². The first-order chi connectivity index (χ1) is 2.94. The Morgan fingerprint density at radius 3 is 1.38 bits per heavy atom. The summed E-state index contributed by atoms with van der Waals surface area (Å²) in [7, 11) is 0. The van der Waals surface area contributed by atoms with Crippen LogP contribution in [0.1, 0.15) is 27.7 Å². The molecule has 0 saturated carbocycles. The smallest absolute Gasteiger partial charge is 0.789 e. The Labute approximate surface area is 70.0 Å². The summed E-state index contributed by atoms with van der Waals surface area (Å²) in [6.07, 6.45) is 0. The molecule has 0 aromatic rings. The van der Waals surface area contributed by atoms with E-state index < -0.39 is 0 Å². The van der Waals surface area contributed by atoms with Crippen LogP contribution in [0.25, 0.3) is 0 Å². The SMILES string of the molecule is CC([S-])C(C)(C)C.[Li+]. The standard InChI is InChI=1S/C6H14S.Li/c1-5(7)6(2,3)4;/h5,7H,1-4H3;/q;+1/p-1. The molecule has 0 spiro atoms. The summed E-state index contributed by atoms with van der Waals surface area (Å²) in [6, 6.07) is 0. The van der Waals surface area contributed by atoms with Crippen molar-refractivity contribution in [1.29, 1.82) is 0 Å². The molecule has 1 atom stereocenters. The zero-order chi connectivity index (χ0) is 6.08. The topological polar surface area (TPSA) is 0 Å². The summed E-state index contributed by atoms with van der Waals surface area (Å²) in [6.45, 7) is 8.54. The van der Waals surface area contributed by atoms with Crippen LogP contribution >= 0.6 is 0 Å². The molecule has 1 unspecified atom stereocenters. The molecule has 0 aliphatic heterocycles. The summed E-state index contributed by atoms with van der Waals surface area (Å²) >= 11 is 5.02. The van der Waals surface area contributed by atoms with Crippen LogP contribution in [0.3, 0.4) is 0 Å². The first-order valence-corrected chi connectivity index (χ1v) is 3.07. The van der Waals surface area contributed by atoms with Crippen LogP contribution in [0.15, 0.2) is 0 Å². The maximum absolute atomic E-state index is 5.02. The minimum Gasteiger partial charge on any atom is -0.789 e. The molecule has 0 saturated heterocycles. The fourth-order valence-corrected chi connectivity index (χ4v) is 0. The molecule has 8 heavy (non-hydrogen) atoms. The Morgan fingerprint density at radius 2 is 1.38 bits per heavy atom. The first-order valence-electron chi connectivity index (χ1n) is 2.60. The monoisotopic (exact) mass is 124 g/mol. The Bertz CT molecular complexity index is 54.0. The van der Waals surface area contributed by atoms with Crippen LogP contribution in [-0.4, -0.2) is 5.25 Å². The molecule has 0 aliphatic rings. The van der Waals surface area contributed by atoms with Crippen LogP contribution in [0.2, 0.25) is 0 Å². The minimum atomic E-state index is 0. The fourth-order valence-electron chi connectivity index (χ4n) is 0. The van der Waals surface area contributed by atoms with E-state index in [4.69, 9.17) is 12.6 Å². The number of rotatable bonds is 0. The Hall–Kier alpha value is 0.947. The quantitative estimate of drug-likeness (QED) is 0.294. The van der Waals surface area contributed by atoms with E-state index in [2.05, 4.69) is 27.7 Å². The molecular formula is C6H13LiS. The summed E-state index contributed by atoms with van der Waals surface area (Å²) in [4.78, 5) is 0. The molecule has 44 valence electrons. The van der Waals surface area contributed by atoms with Gasteiger partial charge in [-0.25, -0.2) is 0 Å². The Balaban J connectivity index is 0. The van der Waals surface area contributed by atoms with Gasteiger partial charge in [0, 0.05) is 0 Å². The second kappa shape index (κ2) is 3.88. The van der Waals surface area contributed by atoms with Gasteiger partial charge in [0.25, 0.3) is 0 Å². The van der Waals surface area contributed by atoms with Crippen molar-refractivity contribution in [2.75, 3.05) is 0 Å². The van der Waals surface area contributed by atoms with E-state index in [0.29, 0.717) is 10.7 Å². The van der Waals surface area contributed by atoms with Crippen LogP contribution in [0, 0.1) is 5.41 Å². The average molecular weight is 124 g/mol. The molecule has 0 aromatic carbocycles. The van der Waals surface area contributed by atoms with E-state index in [0.717, 1.165) is 0 Å². The first kappa shape index (κ1) is 11.7. The third kappa shape index (κ3) is 5.09. The predicted molar refractivity (Wildman–Crippen MR) is 36.3 cm³/mol. The summed E-state index contributed by atoms with van der Waals surface area (Å²) in [5.74, 6) is 0. The van der Waals surface area contributed by atoms with Gasteiger partial charge >= 0.3 is 18.9 Å². The van der Waals surface area contributed by atoms with Crippen LogP contribution in [0.4, 0.5) is 0 Å². The van der Waals surface area contributed by atoms with E-state index in [9.17, 15) is 0 Å². The zero-order valence-corrected chi connectivity index (χ0v) is 7.30. The van der Waals surface area contributed by atoms with Gasteiger partial charge in [-0.1, -0.05) is 33.1 Å². The molecule has 0 bridgehead atoms. The van der Waals surface area contributed by atoms with Gasteiger partial charge in [0.15, 0.2) is 0 Å². The van der Waals surface area contributed by atoms with Crippen molar-refractivity contribution >= 4 is 12.6 Å². The normalized spacial score (nSPS) is 14.6. The second-order valence-electron chi connectivity index (χ2n) is 3.01. The summed E-state index contributed by atoms with van der Waals surface area (Å²) < 4.78 is 0. The molecule has 0 fully saturated rings. The van der Waals surface area contributed by atoms with Crippen LogP contribution in [0.5, 0.6) is 0 Å². The van der Waals surface area contributed by atoms with Gasteiger partial charge in [0.05, 0.1) is 0 Å². The Morgan fingerprint density at radius 1 is 1.25 bits per heavy atom. The third-order valence-electron chi connectivity index (χ3n) is 1.22. The van der Waals surface area contributed by atoms with Crippen molar-refractivity contribution in [2.24, 2.45) is 5.41 Å². The molecule has 0 N–H and O–H groups in total. The van der Waals surface area contributed by atoms with Gasteiger partial charge in [0.1, 0.15) is 0 Å². The molecule has 0 amide bonds. The molecule has 0 aromatic heterocycles. The van der Waals surface area contributed by atoms with Gasteiger partial charge in [-0.05, 0) is 0 Å².